The summed E-state index contributed by atoms with van der Waals surface area (Å²) in [6, 6.07) is 11.9. The number of rotatable bonds is 3. The van der Waals surface area contributed by atoms with E-state index in [-0.39, 0.29) is 5.75 Å². The van der Waals surface area contributed by atoms with Crippen LogP contribution in [0.25, 0.3) is 0 Å². The summed E-state index contributed by atoms with van der Waals surface area (Å²) >= 11 is 0. The molecule has 18 heavy (non-hydrogen) atoms. The van der Waals surface area contributed by atoms with Crippen molar-refractivity contribution in [1.29, 1.82) is 0 Å². The minimum absolute atomic E-state index is 0.0850. The van der Waals surface area contributed by atoms with Gasteiger partial charge in [-0.25, -0.2) is 4.39 Å². The van der Waals surface area contributed by atoms with Gasteiger partial charge in [0.05, 0.1) is 6.10 Å². The van der Waals surface area contributed by atoms with Gasteiger partial charge < -0.3 is 9.84 Å². The third kappa shape index (κ3) is 2.51. The molecule has 0 aromatic heterocycles. The van der Waals surface area contributed by atoms with Gasteiger partial charge in [0.2, 0.25) is 0 Å². The number of aryl methyl sites for hydroxylation is 1. The van der Waals surface area contributed by atoms with Crippen molar-refractivity contribution < 1.29 is 14.2 Å². The zero-order valence-electron chi connectivity index (χ0n) is 10.4. The molecule has 0 spiro atoms. The minimum Gasteiger partial charge on any atom is -0.454 e. The van der Waals surface area contributed by atoms with Crippen LogP contribution in [0.1, 0.15) is 24.2 Å². The summed E-state index contributed by atoms with van der Waals surface area (Å²) in [5.74, 6) is 0.197. The molecule has 0 aliphatic rings. The van der Waals surface area contributed by atoms with Crippen molar-refractivity contribution in [3.05, 3.63) is 59.4 Å². The molecule has 0 saturated heterocycles. The molecule has 2 nitrogen and oxygen atoms in total. The molecular formula is C15H15FO2. The molecule has 2 aromatic rings. The lowest BCUT2D eigenvalue weighted by atomic mass is 10.1. The molecule has 0 saturated carbocycles. The Labute approximate surface area is 106 Å². The van der Waals surface area contributed by atoms with Gasteiger partial charge in [-0.05, 0) is 31.5 Å². The van der Waals surface area contributed by atoms with Crippen LogP contribution in [-0.4, -0.2) is 5.11 Å². The van der Waals surface area contributed by atoms with Gasteiger partial charge in [0.1, 0.15) is 5.75 Å². The largest absolute Gasteiger partial charge is 0.454 e. The van der Waals surface area contributed by atoms with E-state index in [1.165, 1.54) is 6.07 Å². The average Bonchev–Trinajstić information content (AvgIpc) is 2.34. The molecule has 2 aromatic carbocycles. The Morgan fingerprint density at radius 3 is 2.50 bits per heavy atom. The Hall–Kier alpha value is -1.87. The molecule has 1 N–H and O–H groups in total. The average molecular weight is 246 g/mol. The van der Waals surface area contributed by atoms with Crippen LogP contribution < -0.4 is 4.74 Å². The van der Waals surface area contributed by atoms with Crippen molar-refractivity contribution >= 4 is 0 Å². The van der Waals surface area contributed by atoms with Crippen LogP contribution in [0.4, 0.5) is 4.39 Å². The number of benzene rings is 2. The molecule has 3 heteroatoms. The maximum Gasteiger partial charge on any atom is 0.168 e. The summed E-state index contributed by atoms with van der Waals surface area (Å²) in [4.78, 5) is 0. The number of halogens is 1. The Kier molecular flexibility index (Phi) is 3.63. The monoisotopic (exact) mass is 246 g/mol. The van der Waals surface area contributed by atoms with Gasteiger partial charge in [0.15, 0.2) is 11.6 Å². The fourth-order valence-corrected chi connectivity index (χ4v) is 1.74. The van der Waals surface area contributed by atoms with Gasteiger partial charge in [-0.15, -0.1) is 0 Å². The predicted octanol–water partition coefficient (Wildman–Crippen LogP) is 3.98. The highest BCUT2D eigenvalue weighted by molar-refractivity contribution is 5.42. The molecule has 0 aliphatic heterocycles. The molecule has 0 radical (unpaired) electrons. The van der Waals surface area contributed by atoms with Gasteiger partial charge in [-0.2, -0.15) is 0 Å². The van der Waals surface area contributed by atoms with Crippen LogP contribution in [0, 0.1) is 12.7 Å². The zero-order valence-corrected chi connectivity index (χ0v) is 10.4. The van der Waals surface area contributed by atoms with Crippen molar-refractivity contribution in [2.75, 3.05) is 0 Å². The fraction of sp³-hybridized carbons (Fsp3) is 0.200. The maximum atomic E-state index is 13.8. The SMILES string of the molecule is Cc1ccccc1Oc1c(F)cccc1C(C)O. The Morgan fingerprint density at radius 2 is 1.83 bits per heavy atom. The summed E-state index contributed by atoms with van der Waals surface area (Å²) in [5, 5.41) is 9.63. The first-order valence-electron chi connectivity index (χ1n) is 5.79. The number of aliphatic hydroxyl groups is 1. The number of hydrogen-bond acceptors (Lipinski definition) is 2. The molecule has 0 bridgehead atoms. The van der Waals surface area contributed by atoms with E-state index in [2.05, 4.69) is 0 Å². The first kappa shape index (κ1) is 12.6. The molecule has 0 heterocycles. The van der Waals surface area contributed by atoms with Gasteiger partial charge in [-0.1, -0.05) is 30.3 Å². The number of ether oxygens (including phenoxy) is 1. The van der Waals surface area contributed by atoms with Crippen molar-refractivity contribution in [2.45, 2.75) is 20.0 Å². The summed E-state index contributed by atoms with van der Waals surface area (Å²) < 4.78 is 19.4. The Morgan fingerprint density at radius 1 is 1.11 bits per heavy atom. The van der Waals surface area contributed by atoms with Crippen molar-refractivity contribution in [2.24, 2.45) is 0 Å². The smallest absolute Gasteiger partial charge is 0.168 e. The summed E-state index contributed by atoms with van der Waals surface area (Å²) in [7, 11) is 0. The van der Waals surface area contributed by atoms with E-state index in [1.807, 2.05) is 25.1 Å². The summed E-state index contributed by atoms with van der Waals surface area (Å²) in [6.07, 6.45) is -0.778. The van der Waals surface area contributed by atoms with E-state index in [4.69, 9.17) is 4.74 Å². The molecule has 1 atom stereocenters. The lowest BCUT2D eigenvalue weighted by Crippen LogP contribution is -1.99. The standard InChI is InChI=1S/C15H15FO2/c1-10-6-3-4-9-14(10)18-15-12(11(2)17)7-5-8-13(15)16/h3-9,11,17H,1-2H3. The summed E-state index contributed by atoms with van der Waals surface area (Å²) in [6.45, 7) is 3.47. The van der Waals surface area contributed by atoms with Crippen LogP contribution in [0.2, 0.25) is 0 Å². The number of aliphatic hydroxyl groups excluding tert-OH is 1. The zero-order chi connectivity index (χ0) is 13.1. The Bertz CT molecular complexity index is 550. The topological polar surface area (TPSA) is 29.5 Å². The van der Waals surface area contributed by atoms with E-state index >= 15 is 0 Å². The van der Waals surface area contributed by atoms with Crippen molar-refractivity contribution in [3.8, 4) is 11.5 Å². The molecule has 94 valence electrons. The highest BCUT2D eigenvalue weighted by Crippen LogP contribution is 2.33. The summed E-state index contributed by atoms with van der Waals surface area (Å²) in [5.41, 5.74) is 1.36. The van der Waals surface area contributed by atoms with Crippen LogP contribution >= 0.6 is 0 Å². The van der Waals surface area contributed by atoms with Gasteiger partial charge >= 0.3 is 0 Å². The van der Waals surface area contributed by atoms with E-state index in [9.17, 15) is 9.50 Å². The second-order valence-electron chi connectivity index (χ2n) is 4.20. The van der Waals surface area contributed by atoms with Gasteiger partial charge in [-0.3, -0.25) is 0 Å². The van der Waals surface area contributed by atoms with Crippen LogP contribution in [-0.2, 0) is 0 Å². The molecule has 2 rings (SSSR count). The van der Waals surface area contributed by atoms with Crippen LogP contribution in [0.3, 0.4) is 0 Å². The van der Waals surface area contributed by atoms with E-state index in [1.54, 1.807) is 25.1 Å². The van der Waals surface area contributed by atoms with Crippen molar-refractivity contribution in [1.82, 2.24) is 0 Å². The highest BCUT2D eigenvalue weighted by Gasteiger charge is 2.15. The molecular weight excluding hydrogens is 231 g/mol. The van der Waals surface area contributed by atoms with E-state index in [0.717, 1.165) is 5.56 Å². The Balaban J connectivity index is 2.43. The van der Waals surface area contributed by atoms with E-state index < -0.39 is 11.9 Å². The predicted molar refractivity (Wildman–Crippen MR) is 68.3 cm³/mol. The lowest BCUT2D eigenvalue weighted by Gasteiger charge is -2.15. The van der Waals surface area contributed by atoms with Gasteiger partial charge in [0.25, 0.3) is 0 Å². The van der Waals surface area contributed by atoms with Gasteiger partial charge in [0, 0.05) is 5.56 Å². The maximum absolute atomic E-state index is 13.8. The van der Waals surface area contributed by atoms with E-state index in [0.29, 0.717) is 11.3 Å². The van der Waals surface area contributed by atoms with Crippen LogP contribution in [0.5, 0.6) is 11.5 Å². The lowest BCUT2D eigenvalue weighted by molar-refractivity contribution is 0.194. The molecule has 0 aliphatic carbocycles. The third-order valence-corrected chi connectivity index (χ3v) is 2.75. The van der Waals surface area contributed by atoms with Crippen LogP contribution in [0.15, 0.2) is 42.5 Å². The number of hydrogen-bond donors (Lipinski definition) is 1. The quantitative estimate of drug-likeness (QED) is 0.887. The highest BCUT2D eigenvalue weighted by atomic mass is 19.1. The first-order valence-corrected chi connectivity index (χ1v) is 5.79. The molecule has 0 amide bonds. The second kappa shape index (κ2) is 5.19. The molecule has 0 fully saturated rings. The third-order valence-electron chi connectivity index (χ3n) is 2.75. The first-order chi connectivity index (χ1) is 8.59. The second-order valence-corrected chi connectivity index (χ2v) is 4.20. The minimum atomic E-state index is -0.778. The number of para-hydroxylation sites is 2. The molecule has 1 unspecified atom stereocenters. The normalized spacial score (nSPS) is 12.2. The van der Waals surface area contributed by atoms with Crippen molar-refractivity contribution in [3.63, 3.8) is 0 Å². The fourth-order valence-electron chi connectivity index (χ4n) is 1.74.